The van der Waals surface area contributed by atoms with Crippen LogP contribution in [0.4, 0.5) is 4.39 Å². The van der Waals surface area contributed by atoms with Gasteiger partial charge in [-0.25, -0.2) is 4.39 Å². The molecule has 2 aliphatic carbocycles. The van der Waals surface area contributed by atoms with E-state index < -0.39 is 17.3 Å². The van der Waals surface area contributed by atoms with Gasteiger partial charge in [0.1, 0.15) is 0 Å². The van der Waals surface area contributed by atoms with E-state index in [1.54, 1.807) is 13.2 Å². The molecule has 1 fully saturated rings. The van der Waals surface area contributed by atoms with Crippen LogP contribution in [0.25, 0.3) is 0 Å². The Labute approximate surface area is 156 Å². The molecule has 5 heteroatoms. The molecule has 3 rings (SSSR count). The van der Waals surface area contributed by atoms with Crippen molar-refractivity contribution in [3.05, 3.63) is 58.9 Å². The van der Waals surface area contributed by atoms with Gasteiger partial charge in [-0.05, 0) is 55.4 Å². The van der Waals surface area contributed by atoms with Crippen LogP contribution >= 0.6 is 15.9 Å². The van der Waals surface area contributed by atoms with Crippen molar-refractivity contribution in [2.45, 2.75) is 43.7 Å². The van der Waals surface area contributed by atoms with Gasteiger partial charge in [-0.3, -0.25) is 4.79 Å². The normalized spacial score (nSPS) is 30.8. The second kappa shape index (κ2) is 6.69. The highest BCUT2D eigenvalue weighted by atomic mass is 79.9. The van der Waals surface area contributed by atoms with E-state index in [1.165, 1.54) is 5.56 Å². The second-order valence-electron chi connectivity index (χ2n) is 7.06. The zero-order chi connectivity index (χ0) is 18.2. The summed E-state index contributed by atoms with van der Waals surface area (Å²) in [6.07, 6.45) is 6.42. The molecule has 1 N–H and O–H groups in total. The molecule has 25 heavy (non-hydrogen) atoms. The molecule has 0 aromatic heterocycles. The van der Waals surface area contributed by atoms with Crippen LogP contribution in [-0.2, 0) is 21.5 Å². The molecule has 1 spiro atoms. The van der Waals surface area contributed by atoms with Crippen LogP contribution < -0.4 is 5.32 Å². The molecule has 0 aliphatic heterocycles. The number of benzene rings is 1. The largest absolute Gasteiger partial charge is 0.381 e. The molecule has 134 valence electrons. The third kappa shape index (κ3) is 2.87. The molecule has 1 amide bonds. The summed E-state index contributed by atoms with van der Waals surface area (Å²) in [6, 6.07) is 6.09. The van der Waals surface area contributed by atoms with Gasteiger partial charge in [0.2, 0.25) is 0 Å². The highest BCUT2D eigenvalue weighted by Crippen LogP contribution is 2.58. The highest BCUT2D eigenvalue weighted by molar-refractivity contribution is 9.10. The first kappa shape index (κ1) is 18.3. The summed E-state index contributed by atoms with van der Waals surface area (Å²) in [7, 11) is 1.73. The smallest absolute Gasteiger partial charge is 0.280 e. The standard InChI is InChI=1S/C20H23BrFNO2/c1-4-20(23-18(24)13(2)22)17-11-15(21)6-5-14(17)12-19(20)9-7-16(25-3)8-10-19/h4-6,11,16H,1-2,7-10,12H2,3H3,(H,23,24). The van der Waals surface area contributed by atoms with Crippen molar-refractivity contribution >= 4 is 21.8 Å². The summed E-state index contributed by atoms with van der Waals surface area (Å²) >= 11 is 3.52. The van der Waals surface area contributed by atoms with E-state index in [1.807, 2.05) is 12.1 Å². The summed E-state index contributed by atoms with van der Waals surface area (Å²) < 4.78 is 20.0. The molecule has 0 heterocycles. The van der Waals surface area contributed by atoms with Gasteiger partial charge < -0.3 is 10.1 Å². The number of hydrogen-bond donors (Lipinski definition) is 1. The summed E-state index contributed by atoms with van der Waals surface area (Å²) in [5.41, 5.74) is 1.13. The number of hydrogen-bond acceptors (Lipinski definition) is 2. The summed E-state index contributed by atoms with van der Waals surface area (Å²) in [6.45, 7) is 7.18. The van der Waals surface area contributed by atoms with Crippen molar-refractivity contribution in [1.29, 1.82) is 0 Å². The van der Waals surface area contributed by atoms with Gasteiger partial charge in [0, 0.05) is 17.0 Å². The predicted octanol–water partition coefficient (Wildman–Crippen LogP) is 4.56. The molecule has 1 aromatic rings. The fourth-order valence-corrected chi connectivity index (χ4v) is 5.00. The second-order valence-corrected chi connectivity index (χ2v) is 7.98. The lowest BCUT2D eigenvalue weighted by Gasteiger charge is -2.49. The molecule has 0 bridgehead atoms. The van der Waals surface area contributed by atoms with Crippen LogP contribution in [0.2, 0.25) is 0 Å². The van der Waals surface area contributed by atoms with Crippen molar-refractivity contribution in [3.63, 3.8) is 0 Å². The highest BCUT2D eigenvalue weighted by Gasteiger charge is 2.57. The third-order valence-electron chi connectivity index (χ3n) is 5.95. The van der Waals surface area contributed by atoms with Gasteiger partial charge in [-0.1, -0.05) is 34.7 Å². The number of carbonyl (C=O) groups excluding carboxylic acids is 1. The van der Waals surface area contributed by atoms with Crippen molar-refractivity contribution in [2.24, 2.45) is 5.41 Å². The zero-order valence-corrected chi connectivity index (χ0v) is 16.0. The molecule has 1 saturated carbocycles. The maximum atomic E-state index is 13.5. The van der Waals surface area contributed by atoms with Gasteiger partial charge in [-0.2, -0.15) is 0 Å². The third-order valence-corrected chi connectivity index (χ3v) is 6.44. The monoisotopic (exact) mass is 407 g/mol. The lowest BCUT2D eigenvalue weighted by molar-refractivity contribution is -0.122. The first-order valence-corrected chi connectivity index (χ1v) is 9.29. The molecule has 1 unspecified atom stereocenters. The van der Waals surface area contributed by atoms with Crippen LogP contribution in [0.15, 0.2) is 47.7 Å². The van der Waals surface area contributed by atoms with E-state index in [-0.39, 0.29) is 11.5 Å². The van der Waals surface area contributed by atoms with Gasteiger partial charge in [0.05, 0.1) is 11.6 Å². The fourth-order valence-electron chi connectivity index (χ4n) is 4.63. The average Bonchev–Trinajstić information content (AvgIpc) is 2.85. The summed E-state index contributed by atoms with van der Waals surface area (Å²) in [4.78, 5) is 12.2. The number of amides is 1. The van der Waals surface area contributed by atoms with E-state index in [4.69, 9.17) is 4.74 Å². The number of fused-ring (bicyclic) bond motifs is 1. The Bertz CT molecular complexity index is 724. The van der Waals surface area contributed by atoms with E-state index >= 15 is 0 Å². The van der Waals surface area contributed by atoms with E-state index in [0.29, 0.717) is 0 Å². The minimum absolute atomic E-state index is 0.224. The number of rotatable bonds is 4. The summed E-state index contributed by atoms with van der Waals surface area (Å²) in [5, 5.41) is 2.93. The lowest BCUT2D eigenvalue weighted by atomic mass is 9.61. The fraction of sp³-hybridized carbons (Fsp3) is 0.450. The Hall–Kier alpha value is -1.46. The molecular formula is C20H23BrFNO2. The molecule has 0 saturated heterocycles. The number of methoxy groups -OCH3 is 1. The molecule has 1 atom stereocenters. The molecule has 1 aromatic carbocycles. The minimum Gasteiger partial charge on any atom is -0.381 e. The Morgan fingerprint density at radius 2 is 2.12 bits per heavy atom. The van der Waals surface area contributed by atoms with Gasteiger partial charge >= 0.3 is 0 Å². The lowest BCUT2D eigenvalue weighted by Crippen LogP contribution is -2.55. The van der Waals surface area contributed by atoms with Gasteiger partial charge in [-0.15, -0.1) is 6.58 Å². The number of nitrogens with one attached hydrogen (secondary N) is 1. The van der Waals surface area contributed by atoms with Crippen molar-refractivity contribution in [2.75, 3.05) is 7.11 Å². The molecule has 0 radical (unpaired) electrons. The predicted molar refractivity (Wildman–Crippen MR) is 99.8 cm³/mol. The van der Waals surface area contributed by atoms with E-state index in [0.717, 1.165) is 42.1 Å². The SMILES string of the molecule is C=CC1(NC(=O)C(=C)F)c2cc(Br)ccc2CC12CCC(OC)CC2. The number of halogens is 2. The number of ether oxygens (including phenoxy) is 1. The Kier molecular flexibility index (Phi) is 4.91. The minimum atomic E-state index is -0.981. The van der Waals surface area contributed by atoms with E-state index in [2.05, 4.69) is 40.5 Å². The van der Waals surface area contributed by atoms with Crippen LogP contribution in [0, 0.1) is 5.41 Å². The molecule has 2 aliphatic rings. The van der Waals surface area contributed by atoms with Crippen molar-refractivity contribution in [1.82, 2.24) is 5.32 Å². The zero-order valence-electron chi connectivity index (χ0n) is 14.4. The molecular weight excluding hydrogens is 385 g/mol. The Balaban J connectivity index is 2.10. The van der Waals surface area contributed by atoms with Crippen LogP contribution in [0.3, 0.4) is 0 Å². The molecule has 3 nitrogen and oxygen atoms in total. The number of carbonyl (C=O) groups is 1. The quantitative estimate of drug-likeness (QED) is 0.586. The van der Waals surface area contributed by atoms with Gasteiger partial charge in [0.25, 0.3) is 5.91 Å². The van der Waals surface area contributed by atoms with Crippen LogP contribution in [0.1, 0.15) is 36.8 Å². The van der Waals surface area contributed by atoms with Crippen molar-refractivity contribution < 1.29 is 13.9 Å². The Morgan fingerprint density at radius 3 is 2.68 bits per heavy atom. The van der Waals surface area contributed by atoms with Gasteiger partial charge in [0.15, 0.2) is 5.83 Å². The maximum Gasteiger partial charge on any atom is 0.280 e. The summed E-state index contributed by atoms with van der Waals surface area (Å²) in [5.74, 6) is -1.76. The van der Waals surface area contributed by atoms with Crippen LogP contribution in [0.5, 0.6) is 0 Å². The van der Waals surface area contributed by atoms with E-state index in [9.17, 15) is 9.18 Å². The van der Waals surface area contributed by atoms with Crippen molar-refractivity contribution in [3.8, 4) is 0 Å². The average molecular weight is 408 g/mol. The first-order chi connectivity index (χ1) is 11.9. The van der Waals surface area contributed by atoms with Crippen LogP contribution in [-0.4, -0.2) is 19.1 Å². The topological polar surface area (TPSA) is 38.3 Å². The maximum absolute atomic E-state index is 13.5. The first-order valence-electron chi connectivity index (χ1n) is 8.50. The Morgan fingerprint density at radius 1 is 1.44 bits per heavy atom.